The van der Waals surface area contributed by atoms with E-state index in [0.717, 1.165) is 10.0 Å². The Labute approximate surface area is 235 Å². The molecular weight excluding hydrogens is 659 g/mol. The lowest BCUT2D eigenvalue weighted by Crippen LogP contribution is -2.37. The number of benzene rings is 2. The second kappa shape index (κ2) is 13.8. The molecule has 0 atom stereocenters. The summed E-state index contributed by atoms with van der Waals surface area (Å²) in [5.74, 6) is -0.758. The molecule has 2 aromatic carbocycles. The number of hydrogen-bond acceptors (Lipinski definition) is 7. The first kappa shape index (κ1) is 28.2. The first-order chi connectivity index (χ1) is 17.8. The Morgan fingerprint density at radius 3 is 2.65 bits per heavy atom. The number of hydrogen-bond donors (Lipinski definition) is 3. The van der Waals surface area contributed by atoms with E-state index in [0.29, 0.717) is 38.7 Å². The van der Waals surface area contributed by atoms with Gasteiger partial charge in [-0.1, -0.05) is 15.9 Å². The Kier molecular flexibility index (Phi) is 10.5. The molecule has 0 saturated heterocycles. The predicted octanol–water partition coefficient (Wildman–Crippen LogP) is 4.14. The zero-order valence-corrected chi connectivity index (χ0v) is 23.7. The monoisotopic (exact) mass is 682 g/mol. The maximum Gasteiger partial charge on any atom is 0.329 e. The first-order valence-corrected chi connectivity index (χ1v) is 12.9. The molecule has 0 spiro atoms. The fourth-order valence-electron chi connectivity index (χ4n) is 3.00. The van der Waals surface area contributed by atoms with Crippen molar-refractivity contribution in [1.29, 1.82) is 0 Å². The number of amides is 3. The summed E-state index contributed by atoms with van der Waals surface area (Å²) < 4.78 is 18.2. The number of nitrogens with one attached hydrogen (secondary N) is 3. The van der Waals surface area contributed by atoms with Crippen molar-refractivity contribution in [2.45, 2.75) is 20.4 Å². The smallest absolute Gasteiger partial charge is 0.329 e. The van der Waals surface area contributed by atoms with Crippen molar-refractivity contribution in [2.24, 2.45) is 5.10 Å². The summed E-state index contributed by atoms with van der Waals surface area (Å²) in [4.78, 5) is 36.2. The highest BCUT2D eigenvalue weighted by Crippen LogP contribution is 2.34. The Balaban J connectivity index is 1.58. The summed E-state index contributed by atoms with van der Waals surface area (Å²) >= 11 is 5.49. The van der Waals surface area contributed by atoms with E-state index in [2.05, 4.69) is 59.7 Å². The topological polar surface area (TPSA) is 131 Å². The third kappa shape index (κ3) is 8.60. The predicted molar refractivity (Wildman–Crippen MR) is 150 cm³/mol. The highest BCUT2D eigenvalue weighted by Gasteiger charge is 2.15. The van der Waals surface area contributed by atoms with Crippen LogP contribution >= 0.6 is 38.5 Å². The van der Waals surface area contributed by atoms with Gasteiger partial charge in [-0.15, -0.1) is 0 Å². The van der Waals surface area contributed by atoms with Crippen molar-refractivity contribution in [1.82, 2.24) is 10.7 Å². The van der Waals surface area contributed by atoms with Gasteiger partial charge in [-0.25, -0.2) is 5.43 Å². The van der Waals surface area contributed by atoms with E-state index < -0.39 is 11.8 Å². The normalized spacial score (nSPS) is 10.7. The molecule has 0 aliphatic rings. The standard InChI is InChI=1S/C25H24BrIN4O6/c1-3-35-21-11-16(12-29-31-25(34)24(33)28-13-18-5-4-8-36-18)10-20(27)23(21)37-14-22(32)30-17-6-7-19(26)15(2)9-17/h4-12H,3,13-14H2,1-2H3,(H,28,33)(H,30,32)(H,31,34)/b29-12-. The molecule has 0 unspecified atom stereocenters. The van der Waals surface area contributed by atoms with E-state index in [1.165, 1.54) is 12.5 Å². The molecule has 0 saturated carbocycles. The molecule has 0 aliphatic heterocycles. The summed E-state index contributed by atoms with van der Waals surface area (Å²) in [6, 6.07) is 12.3. The number of rotatable bonds is 10. The molecule has 10 nitrogen and oxygen atoms in total. The second-order valence-corrected chi connectivity index (χ2v) is 9.54. The highest BCUT2D eigenvalue weighted by atomic mass is 127. The van der Waals surface area contributed by atoms with Gasteiger partial charge in [0.05, 0.1) is 29.2 Å². The van der Waals surface area contributed by atoms with Crippen LogP contribution in [0.4, 0.5) is 5.69 Å². The van der Waals surface area contributed by atoms with E-state index in [-0.39, 0.29) is 19.1 Å². The minimum atomic E-state index is -0.922. The van der Waals surface area contributed by atoms with Crippen molar-refractivity contribution in [3.05, 3.63) is 73.7 Å². The number of anilines is 1. The highest BCUT2D eigenvalue weighted by molar-refractivity contribution is 14.1. The Hall–Kier alpha value is -3.39. The average Bonchev–Trinajstić information content (AvgIpc) is 3.38. The van der Waals surface area contributed by atoms with Gasteiger partial charge in [0, 0.05) is 10.2 Å². The Morgan fingerprint density at radius 1 is 1.14 bits per heavy atom. The maximum absolute atomic E-state index is 12.4. The number of ether oxygens (including phenoxy) is 2. The fourth-order valence-corrected chi connectivity index (χ4v) is 4.03. The molecule has 0 bridgehead atoms. The van der Waals surface area contributed by atoms with E-state index >= 15 is 0 Å². The molecule has 3 amide bonds. The van der Waals surface area contributed by atoms with Crippen LogP contribution in [-0.4, -0.2) is 37.1 Å². The van der Waals surface area contributed by atoms with Gasteiger partial charge in [0.2, 0.25) is 0 Å². The number of carbonyl (C=O) groups excluding carboxylic acids is 3. The number of halogens is 2. The quantitative estimate of drug-likeness (QED) is 0.128. The molecule has 1 heterocycles. The number of carbonyl (C=O) groups is 3. The summed E-state index contributed by atoms with van der Waals surface area (Å²) in [6.45, 7) is 3.98. The van der Waals surface area contributed by atoms with Crippen molar-refractivity contribution in [3.8, 4) is 11.5 Å². The number of furan rings is 1. The van der Waals surface area contributed by atoms with Crippen LogP contribution in [0, 0.1) is 10.5 Å². The lowest BCUT2D eigenvalue weighted by atomic mass is 10.2. The van der Waals surface area contributed by atoms with Crippen LogP contribution in [0.3, 0.4) is 0 Å². The van der Waals surface area contributed by atoms with Crippen molar-refractivity contribution >= 4 is 68.1 Å². The van der Waals surface area contributed by atoms with Crippen LogP contribution in [0.15, 0.2) is 62.7 Å². The molecule has 3 rings (SSSR count). The summed E-state index contributed by atoms with van der Waals surface area (Å²) in [7, 11) is 0. The molecule has 0 radical (unpaired) electrons. The minimum absolute atomic E-state index is 0.0845. The maximum atomic E-state index is 12.4. The first-order valence-electron chi connectivity index (χ1n) is 11.1. The van der Waals surface area contributed by atoms with Gasteiger partial charge in [-0.3, -0.25) is 14.4 Å². The van der Waals surface area contributed by atoms with Crippen LogP contribution in [0.2, 0.25) is 0 Å². The van der Waals surface area contributed by atoms with E-state index in [1.54, 1.807) is 30.3 Å². The molecule has 0 aliphatic carbocycles. The van der Waals surface area contributed by atoms with Crippen molar-refractivity contribution < 1.29 is 28.3 Å². The van der Waals surface area contributed by atoms with Crippen molar-refractivity contribution in [3.63, 3.8) is 0 Å². The van der Waals surface area contributed by atoms with Crippen LogP contribution in [-0.2, 0) is 20.9 Å². The second-order valence-electron chi connectivity index (χ2n) is 7.52. The molecule has 1 aromatic heterocycles. The third-order valence-electron chi connectivity index (χ3n) is 4.71. The molecule has 37 heavy (non-hydrogen) atoms. The van der Waals surface area contributed by atoms with Gasteiger partial charge in [0.1, 0.15) is 5.76 Å². The molecule has 3 aromatic rings. The largest absolute Gasteiger partial charge is 0.490 e. The summed E-state index contributed by atoms with van der Waals surface area (Å²) in [6.07, 6.45) is 2.84. The SMILES string of the molecule is CCOc1cc(/C=N\NC(=O)C(=O)NCc2ccco2)cc(I)c1OCC(=O)Nc1ccc(Br)c(C)c1. The zero-order chi connectivity index (χ0) is 26.8. The van der Waals surface area contributed by atoms with Crippen LogP contribution < -0.4 is 25.5 Å². The Bertz CT molecular complexity index is 1300. The lowest BCUT2D eigenvalue weighted by molar-refractivity contribution is -0.139. The van der Waals surface area contributed by atoms with E-state index in [1.807, 2.05) is 26.0 Å². The van der Waals surface area contributed by atoms with Gasteiger partial charge in [0.25, 0.3) is 5.91 Å². The van der Waals surface area contributed by atoms with Gasteiger partial charge >= 0.3 is 11.8 Å². The minimum Gasteiger partial charge on any atom is -0.490 e. The summed E-state index contributed by atoms with van der Waals surface area (Å²) in [5, 5.41) is 9.07. The third-order valence-corrected chi connectivity index (χ3v) is 6.40. The van der Waals surface area contributed by atoms with E-state index in [4.69, 9.17) is 13.9 Å². The van der Waals surface area contributed by atoms with Gasteiger partial charge in [0.15, 0.2) is 18.1 Å². The molecular formula is C25H24BrIN4O6. The van der Waals surface area contributed by atoms with Crippen molar-refractivity contribution in [2.75, 3.05) is 18.5 Å². The Morgan fingerprint density at radius 2 is 1.95 bits per heavy atom. The fraction of sp³-hybridized carbons (Fsp3) is 0.200. The van der Waals surface area contributed by atoms with E-state index in [9.17, 15) is 14.4 Å². The summed E-state index contributed by atoms with van der Waals surface area (Å²) in [5.41, 5.74) is 4.42. The number of nitrogens with zero attached hydrogens (tertiary/aromatic N) is 1. The van der Waals surface area contributed by atoms with Gasteiger partial charge < -0.3 is 24.5 Å². The zero-order valence-electron chi connectivity index (χ0n) is 20.0. The molecule has 12 heteroatoms. The molecule has 0 fully saturated rings. The lowest BCUT2D eigenvalue weighted by Gasteiger charge is -2.15. The van der Waals surface area contributed by atoms with Crippen LogP contribution in [0.5, 0.6) is 11.5 Å². The van der Waals surface area contributed by atoms with Crippen LogP contribution in [0.1, 0.15) is 23.8 Å². The number of aryl methyl sites for hydroxylation is 1. The van der Waals surface area contributed by atoms with Crippen LogP contribution in [0.25, 0.3) is 0 Å². The molecule has 194 valence electrons. The number of hydrazone groups is 1. The van der Waals surface area contributed by atoms with Gasteiger partial charge in [-0.05, 0) is 90.0 Å². The molecule has 3 N–H and O–H groups in total. The average molecular weight is 683 g/mol. The van der Waals surface area contributed by atoms with Gasteiger partial charge in [-0.2, -0.15) is 5.10 Å².